The Hall–Kier alpha value is -3.55. The predicted molar refractivity (Wildman–Crippen MR) is 122 cm³/mol. The number of nitriles is 1. The van der Waals surface area contributed by atoms with Gasteiger partial charge in [-0.1, -0.05) is 23.2 Å². The first kappa shape index (κ1) is 24.1. The molecule has 1 aromatic heterocycles. The molecule has 172 valence electrons. The van der Waals surface area contributed by atoms with Crippen LogP contribution in [0.25, 0.3) is 0 Å². The fourth-order valence-corrected chi connectivity index (χ4v) is 3.36. The van der Waals surface area contributed by atoms with Crippen LogP contribution in [0.4, 0.5) is 10.5 Å². The number of nitrogens with one attached hydrogen (secondary N) is 2. The van der Waals surface area contributed by atoms with E-state index in [1.807, 2.05) is 5.32 Å². The van der Waals surface area contributed by atoms with Gasteiger partial charge < -0.3 is 14.0 Å². The average Bonchev–Trinajstić information content (AvgIpc) is 3.59. The summed E-state index contributed by atoms with van der Waals surface area (Å²) in [6.45, 7) is 3.33. The van der Waals surface area contributed by atoms with E-state index in [0.29, 0.717) is 11.3 Å². The monoisotopic (exact) mass is 491 g/mol. The standard InChI is InChI=1S/C21H19Cl2N5O5/c1-3-32-21(31)25-19(29)17(9-24)27-26-12-7-15(22)18(16(23)8-12)33-14-6-11(2)20(30)28(10-14)13-4-5-13/h6-8,10,13,26H,3-5H2,1-2H3,(H,25,29,31)/b27-17+. The van der Waals surface area contributed by atoms with Gasteiger partial charge in [-0.3, -0.25) is 20.3 Å². The van der Waals surface area contributed by atoms with Gasteiger partial charge >= 0.3 is 6.09 Å². The Morgan fingerprint density at radius 3 is 2.52 bits per heavy atom. The molecule has 1 heterocycles. The summed E-state index contributed by atoms with van der Waals surface area (Å²) in [6, 6.07) is 6.20. The number of carbonyl (C=O) groups excluding carboxylic acids is 2. The third kappa shape index (κ3) is 6.03. The number of aromatic nitrogens is 1. The molecule has 2 aromatic rings. The third-order valence-corrected chi connectivity index (χ3v) is 5.03. The molecule has 0 bridgehead atoms. The Balaban J connectivity index is 1.77. The molecule has 0 spiro atoms. The minimum atomic E-state index is -1.04. The van der Waals surface area contributed by atoms with Crippen LogP contribution in [0.1, 0.15) is 31.4 Å². The van der Waals surface area contributed by atoms with Crippen molar-refractivity contribution in [2.24, 2.45) is 5.10 Å². The number of hydrogen-bond acceptors (Lipinski definition) is 8. The van der Waals surface area contributed by atoms with Gasteiger partial charge in [-0.15, -0.1) is 0 Å². The average molecular weight is 492 g/mol. The lowest BCUT2D eigenvalue weighted by atomic mass is 10.2. The summed E-state index contributed by atoms with van der Waals surface area (Å²) in [5.41, 5.74) is 2.59. The highest BCUT2D eigenvalue weighted by Crippen LogP contribution is 2.40. The van der Waals surface area contributed by atoms with E-state index in [1.165, 1.54) is 12.1 Å². The second kappa shape index (κ2) is 10.4. The lowest BCUT2D eigenvalue weighted by molar-refractivity contribution is -0.114. The molecule has 0 saturated heterocycles. The molecule has 1 saturated carbocycles. The van der Waals surface area contributed by atoms with E-state index in [0.717, 1.165) is 12.8 Å². The van der Waals surface area contributed by atoms with E-state index in [-0.39, 0.29) is 39.7 Å². The Kier molecular flexibility index (Phi) is 7.58. The summed E-state index contributed by atoms with van der Waals surface area (Å²) in [5.74, 6) is -0.473. The first-order chi connectivity index (χ1) is 15.7. The number of imide groups is 1. The number of hydrogen-bond donors (Lipinski definition) is 2. The van der Waals surface area contributed by atoms with Crippen molar-refractivity contribution in [1.29, 1.82) is 5.26 Å². The summed E-state index contributed by atoms with van der Waals surface area (Å²) >= 11 is 12.6. The topological polar surface area (TPSA) is 135 Å². The maximum atomic E-state index is 12.3. The SMILES string of the molecule is CCOC(=O)NC(=O)/C(C#N)=N/Nc1cc(Cl)c(Oc2cc(C)c(=O)n(C3CC3)c2)c(Cl)c1. The number of hydrazone groups is 1. The number of amides is 2. The first-order valence-electron chi connectivity index (χ1n) is 9.85. The van der Waals surface area contributed by atoms with Gasteiger partial charge in [-0.2, -0.15) is 10.4 Å². The zero-order valence-corrected chi connectivity index (χ0v) is 19.2. The fraction of sp³-hybridized carbons (Fsp3) is 0.286. The van der Waals surface area contributed by atoms with Crippen LogP contribution in [0.2, 0.25) is 10.0 Å². The van der Waals surface area contributed by atoms with Crippen molar-refractivity contribution in [1.82, 2.24) is 9.88 Å². The minimum Gasteiger partial charge on any atom is -0.453 e. The highest BCUT2D eigenvalue weighted by Gasteiger charge is 2.25. The number of ether oxygens (including phenoxy) is 2. The summed E-state index contributed by atoms with van der Waals surface area (Å²) in [5, 5.41) is 14.9. The number of aryl methyl sites for hydroxylation is 1. The number of rotatable bonds is 7. The molecule has 0 unspecified atom stereocenters. The zero-order valence-electron chi connectivity index (χ0n) is 17.6. The van der Waals surface area contributed by atoms with Crippen LogP contribution in [-0.2, 0) is 9.53 Å². The Bertz CT molecular complexity index is 1210. The molecule has 1 fully saturated rings. The van der Waals surface area contributed by atoms with E-state index in [9.17, 15) is 14.4 Å². The molecule has 2 N–H and O–H groups in total. The number of benzene rings is 1. The van der Waals surface area contributed by atoms with Crippen molar-refractivity contribution in [3.05, 3.63) is 50.4 Å². The van der Waals surface area contributed by atoms with Gasteiger partial charge in [0.2, 0.25) is 5.71 Å². The van der Waals surface area contributed by atoms with Gasteiger partial charge in [0.15, 0.2) is 5.75 Å². The molecular formula is C21H19Cl2N5O5. The second-order valence-electron chi connectivity index (χ2n) is 7.03. The van der Waals surface area contributed by atoms with Crippen LogP contribution in [0.5, 0.6) is 11.5 Å². The van der Waals surface area contributed by atoms with Crippen LogP contribution in [0.3, 0.4) is 0 Å². The van der Waals surface area contributed by atoms with Crippen molar-refractivity contribution in [2.75, 3.05) is 12.0 Å². The molecule has 1 aliphatic carbocycles. The number of pyridine rings is 1. The Morgan fingerprint density at radius 1 is 1.27 bits per heavy atom. The lowest BCUT2D eigenvalue weighted by Crippen LogP contribution is -2.36. The smallest absolute Gasteiger partial charge is 0.414 e. The molecule has 0 atom stereocenters. The van der Waals surface area contributed by atoms with Gasteiger partial charge in [0.25, 0.3) is 11.5 Å². The highest BCUT2D eigenvalue weighted by atomic mass is 35.5. The number of nitrogens with zero attached hydrogens (tertiary/aromatic N) is 3. The number of carbonyl (C=O) groups is 2. The first-order valence-corrected chi connectivity index (χ1v) is 10.6. The molecule has 1 aliphatic rings. The molecular weight excluding hydrogens is 473 g/mol. The van der Waals surface area contributed by atoms with Crippen LogP contribution in [-0.4, -0.2) is 28.9 Å². The van der Waals surface area contributed by atoms with Crippen molar-refractivity contribution in [3.63, 3.8) is 0 Å². The largest absolute Gasteiger partial charge is 0.453 e. The second-order valence-corrected chi connectivity index (χ2v) is 7.85. The molecule has 3 rings (SSSR count). The zero-order chi connectivity index (χ0) is 24.1. The van der Waals surface area contributed by atoms with E-state index < -0.39 is 17.7 Å². The number of anilines is 1. The van der Waals surface area contributed by atoms with Crippen molar-refractivity contribution < 1.29 is 19.1 Å². The lowest BCUT2D eigenvalue weighted by Gasteiger charge is -2.14. The maximum absolute atomic E-state index is 12.3. The van der Waals surface area contributed by atoms with E-state index in [4.69, 9.17) is 33.2 Å². The normalized spacial score (nSPS) is 13.1. The van der Waals surface area contributed by atoms with Gasteiger partial charge in [-0.25, -0.2) is 4.79 Å². The van der Waals surface area contributed by atoms with E-state index >= 15 is 0 Å². The van der Waals surface area contributed by atoms with Crippen molar-refractivity contribution in [3.8, 4) is 17.6 Å². The summed E-state index contributed by atoms with van der Waals surface area (Å²) in [6.07, 6.45) is 2.50. The summed E-state index contributed by atoms with van der Waals surface area (Å²) < 4.78 is 12.1. The number of halogens is 2. The molecule has 33 heavy (non-hydrogen) atoms. The van der Waals surface area contributed by atoms with Crippen molar-refractivity contribution >= 4 is 46.6 Å². The van der Waals surface area contributed by atoms with Crippen LogP contribution >= 0.6 is 23.2 Å². The predicted octanol–water partition coefficient (Wildman–Crippen LogP) is 4.15. The molecule has 12 heteroatoms. The van der Waals surface area contributed by atoms with Gasteiger partial charge in [-0.05, 0) is 44.9 Å². The maximum Gasteiger partial charge on any atom is 0.414 e. The Morgan fingerprint density at radius 2 is 1.94 bits per heavy atom. The van der Waals surface area contributed by atoms with Gasteiger partial charge in [0.1, 0.15) is 11.8 Å². The van der Waals surface area contributed by atoms with E-state index in [1.54, 1.807) is 36.7 Å². The minimum absolute atomic E-state index is 0.0585. The third-order valence-electron chi connectivity index (χ3n) is 4.46. The van der Waals surface area contributed by atoms with Crippen LogP contribution < -0.4 is 21.0 Å². The summed E-state index contributed by atoms with van der Waals surface area (Å²) in [4.78, 5) is 35.5. The molecule has 0 aliphatic heterocycles. The molecule has 1 aromatic carbocycles. The van der Waals surface area contributed by atoms with Crippen LogP contribution in [0.15, 0.2) is 34.3 Å². The summed E-state index contributed by atoms with van der Waals surface area (Å²) in [7, 11) is 0. The van der Waals surface area contributed by atoms with Crippen LogP contribution in [0, 0.1) is 18.3 Å². The molecule has 10 nitrogen and oxygen atoms in total. The number of alkyl carbamates (subject to hydrolysis) is 1. The van der Waals surface area contributed by atoms with Gasteiger partial charge in [0.05, 0.1) is 28.5 Å². The van der Waals surface area contributed by atoms with E-state index in [2.05, 4.69) is 15.3 Å². The Labute approximate surface area is 198 Å². The quantitative estimate of drug-likeness (QED) is 0.438. The van der Waals surface area contributed by atoms with Gasteiger partial charge in [0, 0.05) is 11.6 Å². The van der Waals surface area contributed by atoms with Crippen molar-refractivity contribution in [2.45, 2.75) is 32.7 Å². The molecule has 0 radical (unpaired) electrons. The fourth-order valence-electron chi connectivity index (χ4n) is 2.80. The molecule has 2 amide bonds. The highest BCUT2D eigenvalue weighted by molar-refractivity contribution is 6.47.